The molecule has 0 saturated carbocycles. The molecule has 1 aliphatic heterocycles. The van der Waals surface area contributed by atoms with Crippen LogP contribution in [-0.4, -0.2) is 50.8 Å². The van der Waals surface area contributed by atoms with Gasteiger partial charge in [0.25, 0.3) is 0 Å². The highest BCUT2D eigenvalue weighted by Crippen LogP contribution is 2.20. The molecule has 0 aromatic heterocycles. The fourth-order valence-electron chi connectivity index (χ4n) is 2.67. The molecule has 6 nitrogen and oxygen atoms in total. The van der Waals surface area contributed by atoms with Crippen LogP contribution >= 0.6 is 0 Å². The lowest BCUT2D eigenvalue weighted by Crippen LogP contribution is -2.30. The van der Waals surface area contributed by atoms with Crippen molar-refractivity contribution in [3.63, 3.8) is 0 Å². The number of unbranched alkanes of at least 4 members (excludes halogenated alkanes) is 2. The molecule has 0 radical (unpaired) electrons. The third kappa shape index (κ3) is 7.77. The van der Waals surface area contributed by atoms with Crippen molar-refractivity contribution < 1.29 is 30.0 Å². The molecule has 1 aliphatic rings. The van der Waals surface area contributed by atoms with Crippen molar-refractivity contribution in [1.29, 1.82) is 0 Å². The van der Waals surface area contributed by atoms with Crippen LogP contribution in [0.2, 0.25) is 0 Å². The summed E-state index contributed by atoms with van der Waals surface area (Å²) in [5.74, 6) is -0.673. The number of hydrogen-bond acceptors (Lipinski definition) is 6. The van der Waals surface area contributed by atoms with E-state index < -0.39 is 30.4 Å². The fraction of sp³-hybridized carbons (Fsp3) is 0.812. The van der Waals surface area contributed by atoms with Gasteiger partial charge < -0.3 is 25.2 Å². The molecule has 0 spiro atoms. The van der Waals surface area contributed by atoms with E-state index >= 15 is 0 Å². The number of cyclic esters (lactones) is 1. The van der Waals surface area contributed by atoms with Crippen LogP contribution in [0.5, 0.6) is 0 Å². The van der Waals surface area contributed by atoms with E-state index in [4.69, 9.17) is 4.74 Å². The molecule has 0 aromatic carbocycles. The predicted molar refractivity (Wildman–Crippen MR) is 81.2 cm³/mol. The largest absolute Gasteiger partial charge is 0.512 e. The van der Waals surface area contributed by atoms with Crippen molar-refractivity contribution in [1.82, 2.24) is 0 Å². The van der Waals surface area contributed by atoms with E-state index in [1.807, 2.05) is 0 Å². The van der Waals surface area contributed by atoms with E-state index in [0.717, 1.165) is 25.3 Å². The molecule has 1 rings (SSSR count). The summed E-state index contributed by atoms with van der Waals surface area (Å²) in [5, 5.41) is 39.0. The number of rotatable bonds is 10. The normalized spacial score (nSPS) is 22.6. The van der Waals surface area contributed by atoms with Crippen molar-refractivity contribution in [2.24, 2.45) is 0 Å². The molecule has 0 unspecified atom stereocenters. The van der Waals surface area contributed by atoms with Crippen LogP contribution in [0.15, 0.2) is 11.8 Å². The van der Waals surface area contributed by atoms with E-state index in [2.05, 4.69) is 6.92 Å². The summed E-state index contributed by atoms with van der Waals surface area (Å²) >= 11 is 0. The molecule has 0 bridgehead atoms. The van der Waals surface area contributed by atoms with Crippen LogP contribution in [0.1, 0.15) is 58.3 Å². The Morgan fingerprint density at radius 3 is 2.50 bits per heavy atom. The number of carbonyl (C=O) groups excluding carboxylic acids is 1. The lowest BCUT2D eigenvalue weighted by molar-refractivity contribution is -0.146. The van der Waals surface area contributed by atoms with Crippen molar-refractivity contribution in [2.45, 2.75) is 82.7 Å². The number of esters is 1. The van der Waals surface area contributed by atoms with E-state index in [-0.39, 0.29) is 31.4 Å². The summed E-state index contributed by atoms with van der Waals surface area (Å²) < 4.78 is 4.99. The number of carbonyl (C=O) groups is 1. The maximum atomic E-state index is 11.1. The van der Waals surface area contributed by atoms with Crippen LogP contribution in [0, 0.1) is 0 Å². The lowest BCUT2D eigenvalue weighted by Gasteiger charge is -2.24. The summed E-state index contributed by atoms with van der Waals surface area (Å²) in [6.45, 7) is 2.09. The van der Waals surface area contributed by atoms with Gasteiger partial charge in [0.1, 0.15) is 11.9 Å². The van der Waals surface area contributed by atoms with Gasteiger partial charge in [-0.3, -0.25) is 0 Å². The summed E-state index contributed by atoms with van der Waals surface area (Å²) in [5.41, 5.74) is 0. The number of hydrogen-bond donors (Lipinski definition) is 4. The first-order valence-electron chi connectivity index (χ1n) is 8.05. The predicted octanol–water partition coefficient (Wildman–Crippen LogP) is 1.58. The summed E-state index contributed by atoms with van der Waals surface area (Å²) in [7, 11) is 0. The maximum Gasteiger partial charge on any atom is 0.334 e. The zero-order valence-corrected chi connectivity index (χ0v) is 13.1. The van der Waals surface area contributed by atoms with Crippen molar-refractivity contribution in [2.75, 3.05) is 0 Å². The zero-order valence-electron chi connectivity index (χ0n) is 13.1. The second-order valence-electron chi connectivity index (χ2n) is 6.06. The quantitative estimate of drug-likeness (QED) is 0.360. The average molecular weight is 316 g/mol. The molecule has 0 fully saturated rings. The molecule has 0 aliphatic carbocycles. The second kappa shape index (κ2) is 9.82. The van der Waals surface area contributed by atoms with Gasteiger partial charge in [-0.15, -0.1) is 0 Å². The van der Waals surface area contributed by atoms with Gasteiger partial charge in [-0.25, -0.2) is 4.79 Å². The van der Waals surface area contributed by atoms with Crippen LogP contribution in [0.25, 0.3) is 0 Å². The highest BCUT2D eigenvalue weighted by atomic mass is 16.5. The Hall–Kier alpha value is -1.11. The monoisotopic (exact) mass is 316 g/mol. The van der Waals surface area contributed by atoms with Gasteiger partial charge in [-0.2, -0.15) is 0 Å². The first kappa shape index (κ1) is 18.9. The van der Waals surface area contributed by atoms with Gasteiger partial charge in [0, 0.05) is 12.8 Å². The second-order valence-corrected chi connectivity index (χ2v) is 6.06. The first-order valence-corrected chi connectivity index (χ1v) is 8.05. The van der Waals surface area contributed by atoms with Gasteiger partial charge in [0.05, 0.1) is 24.4 Å². The summed E-state index contributed by atoms with van der Waals surface area (Å²) in [6.07, 6.45) is 2.64. The van der Waals surface area contributed by atoms with Crippen molar-refractivity contribution in [3.05, 3.63) is 11.8 Å². The molecule has 128 valence electrons. The van der Waals surface area contributed by atoms with E-state index in [1.165, 1.54) is 0 Å². The van der Waals surface area contributed by atoms with Gasteiger partial charge in [0.2, 0.25) is 0 Å². The Kier molecular flexibility index (Phi) is 8.45. The third-order valence-electron chi connectivity index (χ3n) is 3.77. The Labute approximate surface area is 131 Å². The number of ether oxygens (including phenoxy) is 1. The number of aliphatic hydroxyl groups excluding tert-OH is 4. The van der Waals surface area contributed by atoms with Crippen molar-refractivity contribution >= 4 is 5.97 Å². The van der Waals surface area contributed by atoms with E-state index in [1.54, 1.807) is 0 Å². The number of aliphatic hydroxyl groups is 4. The molecular formula is C16H28O6. The maximum absolute atomic E-state index is 11.1. The SMILES string of the molecule is CCCCC[C@H](O)C[C@H](O)C[C@@H](O)C[C@@H]1CC(O)=CC(=O)O1. The summed E-state index contributed by atoms with van der Waals surface area (Å²) in [6, 6.07) is 0. The standard InChI is InChI=1S/C16H28O6/c1-2-3-4-5-11(17)6-12(18)7-13(19)8-15-9-14(20)10-16(21)22-15/h10-13,15,17-20H,2-9H2,1H3/t11-,12-,13+,15+/m0/s1. The molecular weight excluding hydrogens is 288 g/mol. The van der Waals surface area contributed by atoms with Gasteiger partial charge in [0.15, 0.2) is 0 Å². The molecule has 1 heterocycles. The van der Waals surface area contributed by atoms with E-state index in [9.17, 15) is 25.2 Å². The van der Waals surface area contributed by atoms with E-state index in [0.29, 0.717) is 6.42 Å². The Morgan fingerprint density at radius 1 is 1.18 bits per heavy atom. The summed E-state index contributed by atoms with van der Waals surface area (Å²) in [4.78, 5) is 11.1. The molecule has 6 heteroatoms. The third-order valence-corrected chi connectivity index (χ3v) is 3.77. The van der Waals surface area contributed by atoms with Gasteiger partial charge >= 0.3 is 5.97 Å². The molecule has 0 amide bonds. The Bertz CT molecular complexity index is 368. The minimum Gasteiger partial charge on any atom is -0.512 e. The van der Waals surface area contributed by atoms with Gasteiger partial charge in [-0.1, -0.05) is 26.2 Å². The molecule has 0 saturated heterocycles. The van der Waals surface area contributed by atoms with Crippen LogP contribution in [0.3, 0.4) is 0 Å². The minimum absolute atomic E-state index is 0.0552. The average Bonchev–Trinajstić information content (AvgIpc) is 2.36. The van der Waals surface area contributed by atoms with Crippen LogP contribution in [-0.2, 0) is 9.53 Å². The molecule has 4 atom stereocenters. The van der Waals surface area contributed by atoms with Crippen LogP contribution < -0.4 is 0 Å². The van der Waals surface area contributed by atoms with Crippen LogP contribution in [0.4, 0.5) is 0 Å². The zero-order chi connectivity index (χ0) is 16.5. The first-order chi connectivity index (χ1) is 10.4. The lowest BCUT2D eigenvalue weighted by atomic mass is 9.97. The smallest absolute Gasteiger partial charge is 0.334 e. The highest BCUT2D eigenvalue weighted by molar-refractivity contribution is 5.83. The molecule has 4 N–H and O–H groups in total. The Balaban J connectivity index is 2.24. The minimum atomic E-state index is -0.846. The topological polar surface area (TPSA) is 107 Å². The molecule has 0 aromatic rings. The fourth-order valence-corrected chi connectivity index (χ4v) is 2.67. The molecule has 22 heavy (non-hydrogen) atoms. The Morgan fingerprint density at radius 2 is 1.86 bits per heavy atom. The van der Waals surface area contributed by atoms with Crippen molar-refractivity contribution in [3.8, 4) is 0 Å². The van der Waals surface area contributed by atoms with Gasteiger partial charge in [-0.05, 0) is 19.3 Å². The highest BCUT2D eigenvalue weighted by Gasteiger charge is 2.25.